The minimum Gasteiger partial charge on any atom is -0.454 e. The molecule has 0 radical (unpaired) electrons. The van der Waals surface area contributed by atoms with Gasteiger partial charge in [-0.25, -0.2) is 13.8 Å². The third kappa shape index (κ3) is 2.90. The van der Waals surface area contributed by atoms with E-state index in [-0.39, 0.29) is 23.8 Å². The fourth-order valence-electron chi connectivity index (χ4n) is 3.67. The number of aromatic nitrogens is 2. The molecule has 0 saturated carbocycles. The summed E-state index contributed by atoms with van der Waals surface area (Å²) < 4.78 is 41.8. The predicted molar refractivity (Wildman–Crippen MR) is 107 cm³/mol. The number of imidazole rings is 1. The van der Waals surface area contributed by atoms with Crippen LogP contribution < -0.4 is 9.47 Å². The number of hydrogen-bond donors (Lipinski definition) is 1. The monoisotopic (exact) mass is 408 g/mol. The molecule has 0 saturated heterocycles. The Labute approximate surface area is 171 Å². The van der Waals surface area contributed by atoms with Crippen molar-refractivity contribution in [3.05, 3.63) is 72.1 Å². The standard InChI is InChI=1S/C23H18F2N2O3/c1-23(2,28)16-7-8-27-18(11-26-22(27)21(16)25)14-3-5-17(24)15(9-14)13-4-6-19-20(10-13)30-12-29-19/h3-11,28H,12H2,1-2H3. The smallest absolute Gasteiger partial charge is 0.231 e. The van der Waals surface area contributed by atoms with Crippen molar-refractivity contribution in [2.75, 3.05) is 6.79 Å². The Kier molecular flexibility index (Phi) is 4.04. The maximum absolute atomic E-state index is 14.9. The van der Waals surface area contributed by atoms with E-state index in [4.69, 9.17) is 9.47 Å². The summed E-state index contributed by atoms with van der Waals surface area (Å²) in [5.41, 5.74) is 1.23. The van der Waals surface area contributed by atoms with Crippen molar-refractivity contribution < 1.29 is 23.4 Å². The third-order valence-electron chi connectivity index (χ3n) is 5.22. The lowest BCUT2D eigenvalue weighted by Gasteiger charge is -2.18. The molecular weight excluding hydrogens is 390 g/mol. The minimum absolute atomic E-state index is 0.0959. The number of hydrogen-bond acceptors (Lipinski definition) is 4. The van der Waals surface area contributed by atoms with E-state index in [0.717, 1.165) is 0 Å². The molecule has 1 N–H and O–H groups in total. The topological polar surface area (TPSA) is 56.0 Å². The quantitative estimate of drug-likeness (QED) is 0.524. The van der Waals surface area contributed by atoms with Gasteiger partial charge in [0.05, 0.1) is 17.5 Å². The molecular formula is C23H18F2N2O3. The number of ether oxygens (including phenoxy) is 2. The molecule has 0 bridgehead atoms. The first-order chi connectivity index (χ1) is 14.3. The van der Waals surface area contributed by atoms with Crippen LogP contribution >= 0.6 is 0 Å². The van der Waals surface area contributed by atoms with E-state index >= 15 is 0 Å². The number of benzene rings is 2. The fourth-order valence-corrected chi connectivity index (χ4v) is 3.67. The normalized spacial score (nSPS) is 13.2. The molecule has 0 amide bonds. The molecule has 2 aromatic carbocycles. The highest BCUT2D eigenvalue weighted by Gasteiger charge is 2.24. The van der Waals surface area contributed by atoms with Gasteiger partial charge in [0.1, 0.15) is 5.82 Å². The average Bonchev–Trinajstić information content (AvgIpc) is 3.34. The van der Waals surface area contributed by atoms with Crippen molar-refractivity contribution in [3.8, 4) is 33.9 Å². The zero-order valence-corrected chi connectivity index (χ0v) is 16.3. The van der Waals surface area contributed by atoms with Crippen LogP contribution in [0.15, 0.2) is 54.9 Å². The van der Waals surface area contributed by atoms with Crippen molar-refractivity contribution in [2.45, 2.75) is 19.4 Å². The van der Waals surface area contributed by atoms with Gasteiger partial charge in [0.2, 0.25) is 6.79 Å². The second-order valence-corrected chi connectivity index (χ2v) is 7.70. The zero-order valence-electron chi connectivity index (χ0n) is 16.3. The van der Waals surface area contributed by atoms with E-state index in [2.05, 4.69) is 4.98 Å². The third-order valence-corrected chi connectivity index (χ3v) is 5.22. The fraction of sp³-hybridized carbons (Fsp3) is 0.174. The first kappa shape index (κ1) is 18.6. The summed E-state index contributed by atoms with van der Waals surface area (Å²) in [6.45, 7) is 3.17. The van der Waals surface area contributed by atoms with E-state index < -0.39 is 11.4 Å². The van der Waals surface area contributed by atoms with E-state index in [0.29, 0.717) is 33.9 Å². The van der Waals surface area contributed by atoms with Crippen LogP contribution in [0, 0.1) is 11.6 Å². The van der Waals surface area contributed by atoms with Crippen LogP contribution in [0.4, 0.5) is 8.78 Å². The largest absolute Gasteiger partial charge is 0.454 e. The molecule has 0 fully saturated rings. The summed E-state index contributed by atoms with van der Waals surface area (Å²) >= 11 is 0. The van der Waals surface area contributed by atoms with Crippen molar-refractivity contribution in [3.63, 3.8) is 0 Å². The molecule has 0 aliphatic carbocycles. The summed E-state index contributed by atoms with van der Waals surface area (Å²) in [5.74, 6) is 0.208. The van der Waals surface area contributed by atoms with Crippen LogP contribution in [0.25, 0.3) is 28.0 Å². The van der Waals surface area contributed by atoms with Gasteiger partial charge in [-0.05, 0) is 55.8 Å². The molecule has 5 nitrogen and oxygen atoms in total. The number of fused-ring (bicyclic) bond motifs is 2. The van der Waals surface area contributed by atoms with Crippen LogP contribution in [0.2, 0.25) is 0 Å². The van der Waals surface area contributed by atoms with Crippen LogP contribution in [0.1, 0.15) is 19.4 Å². The molecule has 7 heteroatoms. The Bertz CT molecular complexity index is 1290. The molecule has 152 valence electrons. The summed E-state index contributed by atoms with van der Waals surface area (Å²) in [4.78, 5) is 4.19. The van der Waals surface area contributed by atoms with Gasteiger partial charge < -0.3 is 14.6 Å². The number of nitrogens with zero attached hydrogens (tertiary/aromatic N) is 2. The van der Waals surface area contributed by atoms with Gasteiger partial charge in [0.15, 0.2) is 23.0 Å². The summed E-state index contributed by atoms with van der Waals surface area (Å²) in [5, 5.41) is 10.2. The van der Waals surface area contributed by atoms with Gasteiger partial charge in [-0.1, -0.05) is 6.07 Å². The van der Waals surface area contributed by atoms with Gasteiger partial charge >= 0.3 is 0 Å². The molecule has 5 rings (SSSR count). The molecule has 3 heterocycles. The van der Waals surface area contributed by atoms with Crippen LogP contribution in [-0.2, 0) is 5.60 Å². The van der Waals surface area contributed by atoms with Crippen molar-refractivity contribution in [1.29, 1.82) is 0 Å². The number of aliphatic hydroxyl groups is 1. The lowest BCUT2D eigenvalue weighted by molar-refractivity contribution is 0.0746. The Hall–Kier alpha value is -3.45. The molecule has 0 unspecified atom stereocenters. The first-order valence-electron chi connectivity index (χ1n) is 9.41. The Morgan fingerprint density at radius 3 is 2.57 bits per heavy atom. The van der Waals surface area contributed by atoms with Gasteiger partial charge in [0.25, 0.3) is 0 Å². The summed E-state index contributed by atoms with van der Waals surface area (Å²) in [7, 11) is 0. The van der Waals surface area contributed by atoms with E-state index in [1.807, 2.05) is 0 Å². The second-order valence-electron chi connectivity index (χ2n) is 7.70. The number of halogens is 2. The number of rotatable bonds is 3. The summed E-state index contributed by atoms with van der Waals surface area (Å²) in [6.07, 6.45) is 3.18. The first-order valence-corrected chi connectivity index (χ1v) is 9.41. The molecule has 30 heavy (non-hydrogen) atoms. The zero-order chi connectivity index (χ0) is 21.0. The lowest BCUT2D eigenvalue weighted by atomic mass is 9.99. The Balaban J connectivity index is 1.63. The van der Waals surface area contributed by atoms with E-state index in [1.165, 1.54) is 32.2 Å². The Morgan fingerprint density at radius 2 is 1.77 bits per heavy atom. The molecule has 4 aromatic rings. The van der Waals surface area contributed by atoms with Gasteiger partial charge in [0, 0.05) is 22.9 Å². The lowest BCUT2D eigenvalue weighted by Crippen LogP contribution is -2.18. The molecule has 2 aromatic heterocycles. The maximum atomic E-state index is 14.9. The molecule has 1 aliphatic rings. The summed E-state index contributed by atoms with van der Waals surface area (Å²) in [6, 6.07) is 11.4. The van der Waals surface area contributed by atoms with Gasteiger partial charge in [-0.3, -0.25) is 4.40 Å². The van der Waals surface area contributed by atoms with Crippen LogP contribution in [0.5, 0.6) is 11.5 Å². The van der Waals surface area contributed by atoms with E-state index in [1.54, 1.807) is 40.9 Å². The minimum atomic E-state index is -1.33. The highest BCUT2D eigenvalue weighted by molar-refractivity contribution is 5.75. The predicted octanol–water partition coefficient (Wildman–Crippen LogP) is 4.90. The van der Waals surface area contributed by atoms with Gasteiger partial charge in [-0.2, -0.15) is 0 Å². The van der Waals surface area contributed by atoms with Crippen molar-refractivity contribution >= 4 is 5.65 Å². The van der Waals surface area contributed by atoms with Crippen molar-refractivity contribution in [2.24, 2.45) is 0 Å². The second kappa shape index (κ2) is 6.53. The molecule has 1 aliphatic heterocycles. The SMILES string of the molecule is CC(C)(O)c1ccn2c(-c3ccc(F)c(-c4ccc5c(c4)OCO5)c3)cnc2c1F. The maximum Gasteiger partial charge on any atom is 0.231 e. The number of pyridine rings is 1. The van der Waals surface area contributed by atoms with Crippen molar-refractivity contribution in [1.82, 2.24) is 9.38 Å². The van der Waals surface area contributed by atoms with Gasteiger partial charge in [-0.15, -0.1) is 0 Å². The highest BCUT2D eigenvalue weighted by Crippen LogP contribution is 2.38. The average molecular weight is 408 g/mol. The Morgan fingerprint density at radius 1 is 1.00 bits per heavy atom. The van der Waals surface area contributed by atoms with Crippen LogP contribution in [-0.4, -0.2) is 21.3 Å². The molecule has 0 spiro atoms. The highest BCUT2D eigenvalue weighted by atomic mass is 19.1. The van der Waals surface area contributed by atoms with Crippen LogP contribution in [0.3, 0.4) is 0 Å². The van der Waals surface area contributed by atoms with E-state index in [9.17, 15) is 13.9 Å². The molecule has 0 atom stereocenters.